The third-order valence-corrected chi connectivity index (χ3v) is 6.19. The van der Waals surface area contributed by atoms with Gasteiger partial charge in [-0.15, -0.1) is 0 Å². The first-order valence-electron chi connectivity index (χ1n) is 10.7. The van der Waals surface area contributed by atoms with Gasteiger partial charge in [-0.1, -0.05) is 6.92 Å². The number of aromatic nitrogens is 2. The summed E-state index contributed by atoms with van der Waals surface area (Å²) >= 11 is 0. The van der Waals surface area contributed by atoms with Crippen LogP contribution in [0.5, 0.6) is 0 Å². The van der Waals surface area contributed by atoms with Crippen LogP contribution in [0.25, 0.3) is 0 Å². The lowest BCUT2D eigenvalue weighted by Gasteiger charge is -2.47. The Hall–Kier alpha value is -2.12. The highest BCUT2D eigenvalue weighted by Crippen LogP contribution is 2.31. The Labute approximate surface area is 172 Å². The SMILES string of the molecule is CCc1ccc(CN2CCOC3(CCN(C(=O)Cn4nc(C)cc4C)CC3)C2)o1. The molecule has 158 valence electrons. The first-order valence-corrected chi connectivity index (χ1v) is 10.7. The van der Waals surface area contributed by atoms with Crippen molar-refractivity contribution in [3.63, 3.8) is 0 Å². The highest BCUT2D eigenvalue weighted by molar-refractivity contribution is 5.76. The number of hydrogen-bond donors (Lipinski definition) is 0. The highest BCUT2D eigenvalue weighted by atomic mass is 16.5. The van der Waals surface area contributed by atoms with Crippen LogP contribution in [0.1, 0.15) is 42.7 Å². The highest BCUT2D eigenvalue weighted by Gasteiger charge is 2.40. The summed E-state index contributed by atoms with van der Waals surface area (Å²) in [5.74, 6) is 2.20. The average Bonchev–Trinajstić information content (AvgIpc) is 3.28. The molecule has 0 radical (unpaired) electrons. The molecule has 0 atom stereocenters. The Bertz CT molecular complexity index is 848. The van der Waals surface area contributed by atoms with Crippen LogP contribution in [-0.2, 0) is 29.0 Å². The third-order valence-electron chi connectivity index (χ3n) is 6.19. The molecule has 0 aromatic carbocycles. The number of likely N-dealkylation sites (tertiary alicyclic amines) is 1. The maximum absolute atomic E-state index is 12.7. The molecule has 0 unspecified atom stereocenters. The van der Waals surface area contributed by atoms with Crippen LogP contribution in [0.15, 0.2) is 22.6 Å². The molecule has 2 aliphatic heterocycles. The second-order valence-corrected chi connectivity index (χ2v) is 8.43. The predicted molar refractivity (Wildman–Crippen MR) is 110 cm³/mol. The minimum absolute atomic E-state index is 0.140. The van der Waals surface area contributed by atoms with Crippen LogP contribution < -0.4 is 0 Å². The maximum Gasteiger partial charge on any atom is 0.244 e. The standard InChI is InChI=1S/C22H32N4O3/c1-4-19-5-6-20(29-19)14-24-11-12-28-22(16-24)7-9-25(10-8-22)21(27)15-26-18(3)13-17(2)23-26/h5-6,13H,4,7-12,14-16H2,1-3H3. The number of rotatable bonds is 5. The van der Waals surface area contributed by atoms with E-state index in [1.807, 2.05) is 24.8 Å². The van der Waals surface area contributed by atoms with Gasteiger partial charge in [0.25, 0.3) is 0 Å². The van der Waals surface area contributed by atoms with Crippen molar-refractivity contribution in [3.8, 4) is 0 Å². The number of carbonyl (C=O) groups is 1. The van der Waals surface area contributed by atoms with Gasteiger partial charge in [-0.2, -0.15) is 5.10 Å². The van der Waals surface area contributed by atoms with E-state index in [2.05, 4.69) is 29.1 Å². The minimum Gasteiger partial charge on any atom is -0.465 e. The Morgan fingerprint density at radius 2 is 1.93 bits per heavy atom. The normalized spacial score (nSPS) is 19.8. The molecule has 2 fully saturated rings. The molecular formula is C22H32N4O3. The summed E-state index contributed by atoms with van der Waals surface area (Å²) in [6.07, 6.45) is 2.68. The van der Waals surface area contributed by atoms with Crippen molar-refractivity contribution >= 4 is 5.91 Å². The molecule has 4 rings (SSSR count). The van der Waals surface area contributed by atoms with Gasteiger partial charge < -0.3 is 14.1 Å². The summed E-state index contributed by atoms with van der Waals surface area (Å²) in [6, 6.07) is 6.16. The van der Waals surface area contributed by atoms with Gasteiger partial charge in [0.15, 0.2) is 0 Å². The number of ether oxygens (including phenoxy) is 1. The summed E-state index contributed by atoms with van der Waals surface area (Å²) in [5.41, 5.74) is 1.83. The molecule has 4 heterocycles. The fourth-order valence-corrected chi connectivity index (χ4v) is 4.51. The van der Waals surface area contributed by atoms with Gasteiger partial charge in [-0.05, 0) is 44.9 Å². The van der Waals surface area contributed by atoms with Crippen molar-refractivity contribution in [3.05, 3.63) is 41.1 Å². The molecule has 0 bridgehead atoms. The molecule has 7 heteroatoms. The number of aryl methyl sites for hydroxylation is 3. The zero-order valence-electron chi connectivity index (χ0n) is 17.8. The van der Waals surface area contributed by atoms with Gasteiger partial charge >= 0.3 is 0 Å². The fraction of sp³-hybridized carbons (Fsp3) is 0.636. The van der Waals surface area contributed by atoms with Gasteiger partial charge in [0.05, 0.1) is 24.4 Å². The van der Waals surface area contributed by atoms with Crippen molar-refractivity contribution in [2.75, 3.05) is 32.8 Å². The number of nitrogens with zero attached hydrogens (tertiary/aromatic N) is 4. The van der Waals surface area contributed by atoms with Gasteiger partial charge in [0.1, 0.15) is 18.1 Å². The first-order chi connectivity index (χ1) is 14.0. The van der Waals surface area contributed by atoms with Crippen molar-refractivity contribution < 1.29 is 13.9 Å². The van der Waals surface area contributed by atoms with Gasteiger partial charge in [0, 0.05) is 38.3 Å². The molecule has 2 saturated heterocycles. The Kier molecular flexibility index (Phi) is 5.79. The van der Waals surface area contributed by atoms with Crippen molar-refractivity contribution in [2.45, 2.75) is 58.7 Å². The molecule has 0 aliphatic carbocycles. The molecule has 29 heavy (non-hydrogen) atoms. The lowest BCUT2D eigenvalue weighted by Crippen LogP contribution is -2.57. The van der Waals surface area contributed by atoms with Crippen LogP contribution in [0.2, 0.25) is 0 Å². The topological polar surface area (TPSA) is 63.7 Å². The minimum atomic E-state index is -0.145. The smallest absolute Gasteiger partial charge is 0.244 e. The Balaban J connectivity index is 1.31. The van der Waals surface area contributed by atoms with Crippen molar-refractivity contribution in [1.82, 2.24) is 19.6 Å². The molecular weight excluding hydrogens is 368 g/mol. The van der Waals surface area contributed by atoms with Crippen molar-refractivity contribution in [1.29, 1.82) is 0 Å². The van der Waals surface area contributed by atoms with E-state index < -0.39 is 0 Å². The van der Waals surface area contributed by atoms with Crippen LogP contribution in [-0.4, -0.2) is 63.9 Å². The zero-order chi connectivity index (χ0) is 20.4. The molecule has 0 N–H and O–H groups in total. The van der Waals surface area contributed by atoms with E-state index in [-0.39, 0.29) is 11.5 Å². The monoisotopic (exact) mass is 400 g/mol. The lowest BCUT2D eigenvalue weighted by molar-refractivity contribution is -0.152. The second-order valence-electron chi connectivity index (χ2n) is 8.43. The van der Waals surface area contributed by atoms with Crippen LogP contribution >= 0.6 is 0 Å². The van der Waals surface area contributed by atoms with Crippen LogP contribution in [0.4, 0.5) is 0 Å². The van der Waals surface area contributed by atoms with E-state index in [1.54, 1.807) is 4.68 Å². The first kappa shape index (κ1) is 20.2. The van der Waals surface area contributed by atoms with E-state index in [0.717, 1.165) is 81.5 Å². The van der Waals surface area contributed by atoms with E-state index in [0.29, 0.717) is 6.54 Å². The van der Waals surface area contributed by atoms with Gasteiger partial charge in [-0.25, -0.2) is 0 Å². The molecule has 1 spiro atoms. The third kappa shape index (κ3) is 4.56. The molecule has 1 amide bonds. The summed E-state index contributed by atoms with van der Waals surface area (Å²) in [4.78, 5) is 17.1. The molecule has 2 aromatic rings. The number of piperidine rings is 1. The number of morpholine rings is 1. The van der Waals surface area contributed by atoms with E-state index in [1.165, 1.54) is 0 Å². The van der Waals surface area contributed by atoms with E-state index in [4.69, 9.17) is 9.15 Å². The summed E-state index contributed by atoms with van der Waals surface area (Å²) in [5, 5.41) is 4.41. The van der Waals surface area contributed by atoms with Gasteiger partial charge in [0.2, 0.25) is 5.91 Å². The number of carbonyl (C=O) groups excluding carboxylic acids is 1. The quantitative estimate of drug-likeness (QED) is 0.772. The number of furan rings is 1. The van der Waals surface area contributed by atoms with Crippen molar-refractivity contribution in [2.24, 2.45) is 0 Å². The molecule has 0 saturated carbocycles. The number of amides is 1. The lowest BCUT2D eigenvalue weighted by atomic mass is 9.89. The molecule has 7 nitrogen and oxygen atoms in total. The zero-order valence-corrected chi connectivity index (χ0v) is 17.8. The average molecular weight is 401 g/mol. The molecule has 2 aromatic heterocycles. The summed E-state index contributed by atoms with van der Waals surface area (Å²) < 4.78 is 13.9. The second kappa shape index (κ2) is 8.32. The number of hydrogen-bond acceptors (Lipinski definition) is 5. The Morgan fingerprint density at radius 3 is 2.59 bits per heavy atom. The largest absolute Gasteiger partial charge is 0.465 e. The van der Waals surface area contributed by atoms with Crippen LogP contribution in [0.3, 0.4) is 0 Å². The molecule has 2 aliphatic rings. The maximum atomic E-state index is 12.7. The van der Waals surface area contributed by atoms with E-state index in [9.17, 15) is 4.79 Å². The predicted octanol–water partition coefficient (Wildman–Crippen LogP) is 2.55. The van der Waals surface area contributed by atoms with Gasteiger partial charge in [-0.3, -0.25) is 14.4 Å². The summed E-state index contributed by atoms with van der Waals surface area (Å²) in [7, 11) is 0. The van der Waals surface area contributed by atoms with E-state index >= 15 is 0 Å². The fourth-order valence-electron chi connectivity index (χ4n) is 4.51. The Morgan fingerprint density at radius 1 is 1.17 bits per heavy atom. The van der Waals surface area contributed by atoms with Crippen LogP contribution in [0, 0.1) is 13.8 Å². The summed E-state index contributed by atoms with van der Waals surface area (Å²) in [6.45, 7) is 11.2.